The number of hydrogen-bond acceptors (Lipinski definition) is 13. The van der Waals surface area contributed by atoms with Gasteiger partial charge >= 0.3 is 0 Å². The second-order valence-corrected chi connectivity index (χ2v) is 24.3. The normalized spacial score (nSPS) is 23.8. The van der Waals surface area contributed by atoms with Crippen LogP contribution in [0.4, 0.5) is 0 Å². The predicted octanol–water partition coefficient (Wildman–Crippen LogP) is 14.3. The van der Waals surface area contributed by atoms with E-state index in [2.05, 4.69) is 116 Å². The second-order valence-electron chi connectivity index (χ2n) is 24.3. The Hall–Kier alpha value is -3.35. The van der Waals surface area contributed by atoms with Gasteiger partial charge in [0.2, 0.25) is 5.91 Å². The van der Waals surface area contributed by atoms with E-state index < -0.39 is 86.8 Å². The van der Waals surface area contributed by atoms with Crippen molar-refractivity contribution in [3.05, 3.63) is 109 Å². The van der Waals surface area contributed by atoms with Crippen molar-refractivity contribution >= 4 is 5.91 Å². The Kier molecular flexibility index (Phi) is 52.8. The number of hydrogen-bond donors (Lipinski definition) is 9. The van der Waals surface area contributed by atoms with Crippen LogP contribution in [0.2, 0.25) is 0 Å². The summed E-state index contributed by atoms with van der Waals surface area (Å²) in [4.78, 5) is 13.3. The molecule has 12 unspecified atom stereocenters. The Bertz CT molecular complexity index is 1890. The first-order valence-electron chi connectivity index (χ1n) is 35.1. The zero-order valence-corrected chi connectivity index (χ0v) is 54.9. The van der Waals surface area contributed by atoms with Gasteiger partial charge in [0.25, 0.3) is 0 Å². The van der Waals surface area contributed by atoms with Gasteiger partial charge in [0.15, 0.2) is 12.6 Å². The van der Waals surface area contributed by atoms with Crippen LogP contribution in [0.5, 0.6) is 0 Å². The molecule has 506 valence electrons. The van der Waals surface area contributed by atoms with Crippen LogP contribution in [0, 0.1) is 0 Å². The van der Waals surface area contributed by atoms with Gasteiger partial charge in [-0.05, 0) is 89.9 Å². The molecule has 1 amide bonds. The first kappa shape index (κ1) is 80.7. The molecule has 9 N–H and O–H groups in total. The van der Waals surface area contributed by atoms with Gasteiger partial charge in [-0.1, -0.05) is 271 Å². The van der Waals surface area contributed by atoms with Gasteiger partial charge in [-0.3, -0.25) is 4.79 Å². The van der Waals surface area contributed by atoms with E-state index in [0.717, 1.165) is 89.9 Å². The fourth-order valence-electron chi connectivity index (χ4n) is 10.9. The smallest absolute Gasteiger partial charge is 0.220 e. The van der Waals surface area contributed by atoms with Gasteiger partial charge < -0.3 is 65.1 Å². The summed E-state index contributed by atoms with van der Waals surface area (Å²) >= 11 is 0. The lowest BCUT2D eigenvalue weighted by atomic mass is 9.97. The molecule has 0 saturated carbocycles. The number of ether oxygens (including phenoxy) is 4. The molecule has 2 saturated heterocycles. The van der Waals surface area contributed by atoms with Gasteiger partial charge in [0.05, 0.1) is 32.0 Å². The summed E-state index contributed by atoms with van der Waals surface area (Å²) in [7, 11) is 0. The summed E-state index contributed by atoms with van der Waals surface area (Å²) in [6.45, 7) is 2.67. The molecular weight excluding hydrogens is 1110 g/mol. The third kappa shape index (κ3) is 41.2. The third-order valence-corrected chi connectivity index (χ3v) is 16.4. The Morgan fingerprint density at radius 3 is 1.25 bits per heavy atom. The van der Waals surface area contributed by atoms with E-state index in [-0.39, 0.29) is 18.9 Å². The van der Waals surface area contributed by atoms with Crippen molar-refractivity contribution in [1.29, 1.82) is 0 Å². The Labute approximate surface area is 534 Å². The quantitative estimate of drug-likeness (QED) is 0.0204. The highest BCUT2D eigenvalue weighted by molar-refractivity contribution is 5.76. The molecule has 2 heterocycles. The molecule has 2 aliphatic heterocycles. The topological polar surface area (TPSA) is 228 Å². The van der Waals surface area contributed by atoms with Crippen LogP contribution < -0.4 is 5.32 Å². The SMILES string of the molecule is CC/C=C\C/C=C\C/C=C\C/C=C\C/C=C\C/C=C\C/C=C\CCCCCCCC(=O)NC(COC1OC(CO)C(OC2OC(CO)C(O)C(O)C2O)C(O)C1O)C(O)/C=C/CC/C=C/CCCCCCCCCCCCCCCCCCCCCCC. The van der Waals surface area contributed by atoms with Crippen LogP contribution in [-0.4, -0.2) is 140 Å². The standard InChI is InChI=1S/C74H127NO13/c1-3-5-7-9-11-13-15-17-19-21-23-25-27-29-31-33-35-37-39-41-43-45-47-49-51-53-55-57-63(78)62(61-85-73-71(84)69(82)72(65(60-77)87-73)88-74-70(83)68(81)67(80)64(59-76)86-74)75-66(79)58-56-54-52-50-48-46-44-42-40-38-36-34-32-30-28-26-24-22-20-18-16-14-12-10-8-6-4-2/h6,8,12,14,18,20,24,26,30,32,36,38,42,44,47,49,55,57,62-65,67-74,76-78,80-84H,3-5,7,9-11,13,15-17,19,21-23,25,27-29,31,33-35,37,39-41,43,45-46,48,50-54,56,58-61H2,1-2H3,(H,75,79)/b8-6-,14-12-,20-18-,26-24-,32-30-,38-36-,44-42-,49-47+,57-55+. The fraction of sp³-hybridized carbons (Fsp3) is 0.743. The van der Waals surface area contributed by atoms with Crippen LogP contribution >= 0.6 is 0 Å². The molecule has 2 rings (SSSR count). The summed E-state index contributed by atoms with van der Waals surface area (Å²) < 4.78 is 22.8. The number of rotatable bonds is 56. The van der Waals surface area contributed by atoms with Crippen LogP contribution in [0.25, 0.3) is 0 Å². The first-order chi connectivity index (χ1) is 43.1. The Morgan fingerprint density at radius 2 is 0.795 bits per heavy atom. The van der Waals surface area contributed by atoms with E-state index in [0.29, 0.717) is 12.8 Å². The Balaban J connectivity index is 1.73. The molecule has 0 aliphatic carbocycles. The lowest BCUT2D eigenvalue weighted by Crippen LogP contribution is -2.65. The lowest BCUT2D eigenvalue weighted by Gasteiger charge is -2.46. The summed E-state index contributed by atoms with van der Waals surface area (Å²) in [6.07, 6.45) is 65.7. The zero-order valence-electron chi connectivity index (χ0n) is 54.9. The molecule has 14 nitrogen and oxygen atoms in total. The van der Waals surface area contributed by atoms with E-state index in [1.807, 2.05) is 6.08 Å². The highest BCUT2D eigenvalue weighted by atomic mass is 16.7. The van der Waals surface area contributed by atoms with Crippen molar-refractivity contribution in [1.82, 2.24) is 5.32 Å². The first-order valence-corrected chi connectivity index (χ1v) is 35.1. The largest absolute Gasteiger partial charge is 0.394 e. The van der Waals surface area contributed by atoms with Gasteiger partial charge in [0.1, 0.15) is 48.8 Å². The maximum atomic E-state index is 13.3. The molecular formula is C74H127NO13. The predicted molar refractivity (Wildman–Crippen MR) is 359 cm³/mol. The van der Waals surface area contributed by atoms with E-state index in [9.17, 15) is 45.6 Å². The van der Waals surface area contributed by atoms with E-state index in [4.69, 9.17) is 18.9 Å². The maximum Gasteiger partial charge on any atom is 0.220 e. The van der Waals surface area contributed by atoms with Crippen LogP contribution in [0.15, 0.2) is 109 Å². The number of unbranched alkanes of at least 4 members (excludes halogenated alkanes) is 27. The molecule has 2 fully saturated rings. The van der Waals surface area contributed by atoms with Crippen molar-refractivity contribution in [2.24, 2.45) is 0 Å². The summed E-state index contributed by atoms with van der Waals surface area (Å²) in [5.41, 5.74) is 0. The van der Waals surface area contributed by atoms with Crippen molar-refractivity contribution in [3.8, 4) is 0 Å². The molecule has 0 aromatic heterocycles. The molecule has 0 bridgehead atoms. The summed E-state index contributed by atoms with van der Waals surface area (Å²) in [5, 5.41) is 87.4. The Morgan fingerprint density at radius 1 is 0.420 bits per heavy atom. The molecule has 88 heavy (non-hydrogen) atoms. The minimum absolute atomic E-state index is 0.244. The maximum absolute atomic E-state index is 13.3. The highest BCUT2D eigenvalue weighted by Gasteiger charge is 2.51. The second kappa shape index (κ2) is 57.5. The van der Waals surface area contributed by atoms with Crippen LogP contribution in [0.1, 0.15) is 258 Å². The monoisotopic (exact) mass is 1240 g/mol. The number of aliphatic hydroxyl groups excluding tert-OH is 8. The summed E-state index contributed by atoms with van der Waals surface area (Å²) in [5.74, 6) is -0.270. The fourth-order valence-corrected chi connectivity index (χ4v) is 10.9. The van der Waals surface area contributed by atoms with Gasteiger partial charge in [-0.2, -0.15) is 0 Å². The number of carbonyl (C=O) groups excluding carboxylic acids is 1. The van der Waals surface area contributed by atoms with Crippen molar-refractivity contribution in [2.45, 2.75) is 331 Å². The van der Waals surface area contributed by atoms with Crippen LogP contribution in [0.3, 0.4) is 0 Å². The van der Waals surface area contributed by atoms with Gasteiger partial charge in [-0.15, -0.1) is 0 Å². The molecule has 0 spiro atoms. The number of amides is 1. The van der Waals surface area contributed by atoms with E-state index in [1.54, 1.807) is 6.08 Å². The summed E-state index contributed by atoms with van der Waals surface area (Å²) in [6, 6.07) is -0.952. The van der Waals surface area contributed by atoms with Crippen molar-refractivity contribution < 1.29 is 64.6 Å². The minimum Gasteiger partial charge on any atom is -0.394 e. The molecule has 0 aromatic carbocycles. The zero-order chi connectivity index (χ0) is 63.8. The van der Waals surface area contributed by atoms with Gasteiger partial charge in [0, 0.05) is 6.42 Å². The number of nitrogens with one attached hydrogen (secondary N) is 1. The molecule has 0 radical (unpaired) electrons. The highest BCUT2D eigenvalue weighted by Crippen LogP contribution is 2.30. The lowest BCUT2D eigenvalue weighted by molar-refractivity contribution is -0.359. The van der Waals surface area contributed by atoms with Crippen LogP contribution in [-0.2, 0) is 23.7 Å². The molecule has 0 aromatic rings. The average molecular weight is 1240 g/mol. The minimum atomic E-state index is -1.80. The molecule has 12 atom stereocenters. The van der Waals surface area contributed by atoms with Crippen molar-refractivity contribution in [2.75, 3.05) is 19.8 Å². The van der Waals surface area contributed by atoms with Gasteiger partial charge in [-0.25, -0.2) is 0 Å². The average Bonchev–Trinajstić information content (AvgIpc) is 1.93. The molecule has 2 aliphatic rings. The number of aliphatic hydroxyl groups is 8. The van der Waals surface area contributed by atoms with E-state index in [1.165, 1.54) is 135 Å². The van der Waals surface area contributed by atoms with E-state index >= 15 is 0 Å². The molecule has 14 heteroatoms. The number of carbonyl (C=O) groups is 1. The van der Waals surface area contributed by atoms with Crippen molar-refractivity contribution in [3.63, 3.8) is 0 Å². The number of allylic oxidation sites excluding steroid dienone is 17. The third-order valence-electron chi connectivity index (χ3n) is 16.4.